The van der Waals surface area contributed by atoms with Crippen LogP contribution in [0.4, 0.5) is 0 Å². The van der Waals surface area contributed by atoms with E-state index < -0.39 is 0 Å². The highest BCUT2D eigenvalue weighted by atomic mass is 79.9. The molecule has 1 fully saturated rings. The van der Waals surface area contributed by atoms with Crippen molar-refractivity contribution in [2.45, 2.75) is 32.6 Å². The van der Waals surface area contributed by atoms with E-state index in [0.717, 1.165) is 6.54 Å². The van der Waals surface area contributed by atoms with E-state index in [2.05, 4.69) is 33.2 Å². The maximum absolute atomic E-state index is 11.9. The van der Waals surface area contributed by atoms with Crippen LogP contribution in [0.2, 0.25) is 0 Å². The summed E-state index contributed by atoms with van der Waals surface area (Å²) in [7, 11) is 0. The van der Waals surface area contributed by atoms with Crippen molar-refractivity contribution >= 4 is 21.8 Å². The van der Waals surface area contributed by atoms with Crippen molar-refractivity contribution in [3.63, 3.8) is 0 Å². The van der Waals surface area contributed by atoms with E-state index in [9.17, 15) is 4.79 Å². The summed E-state index contributed by atoms with van der Waals surface area (Å²) in [6, 6.07) is 3.48. The molecular formula is C13H17BrN2O. The summed E-state index contributed by atoms with van der Waals surface area (Å²) in [4.78, 5) is 15.9. The van der Waals surface area contributed by atoms with Crippen LogP contribution in [-0.4, -0.2) is 17.4 Å². The minimum Gasteiger partial charge on any atom is -0.351 e. The number of aromatic nitrogens is 1. The Kier molecular flexibility index (Phi) is 3.82. The SMILES string of the molecule is CCCC1(CNC(=O)c2ccnc(Br)c2)CC1. The first kappa shape index (κ1) is 12.6. The van der Waals surface area contributed by atoms with Gasteiger partial charge >= 0.3 is 0 Å². The van der Waals surface area contributed by atoms with E-state index in [4.69, 9.17) is 0 Å². The molecule has 0 aromatic carbocycles. The molecule has 1 N–H and O–H groups in total. The van der Waals surface area contributed by atoms with Gasteiger partial charge < -0.3 is 5.32 Å². The molecule has 1 aromatic heterocycles. The summed E-state index contributed by atoms with van der Waals surface area (Å²) in [5, 5.41) is 3.03. The Morgan fingerprint density at radius 1 is 1.59 bits per heavy atom. The molecular weight excluding hydrogens is 280 g/mol. The van der Waals surface area contributed by atoms with E-state index in [-0.39, 0.29) is 5.91 Å². The molecule has 92 valence electrons. The summed E-state index contributed by atoms with van der Waals surface area (Å²) in [6.45, 7) is 3.00. The number of hydrogen-bond donors (Lipinski definition) is 1. The van der Waals surface area contributed by atoms with Crippen LogP contribution in [0.15, 0.2) is 22.9 Å². The van der Waals surface area contributed by atoms with Gasteiger partial charge in [-0.3, -0.25) is 4.79 Å². The molecule has 4 heteroatoms. The lowest BCUT2D eigenvalue weighted by atomic mass is 10.0. The van der Waals surface area contributed by atoms with Crippen molar-refractivity contribution in [2.75, 3.05) is 6.54 Å². The highest BCUT2D eigenvalue weighted by Gasteiger charge is 2.41. The largest absolute Gasteiger partial charge is 0.351 e. The van der Waals surface area contributed by atoms with Gasteiger partial charge in [0.05, 0.1) is 0 Å². The van der Waals surface area contributed by atoms with Crippen molar-refractivity contribution < 1.29 is 4.79 Å². The molecule has 1 aliphatic rings. The van der Waals surface area contributed by atoms with E-state index in [1.807, 2.05) is 0 Å². The van der Waals surface area contributed by atoms with Gasteiger partial charge in [0.1, 0.15) is 4.60 Å². The van der Waals surface area contributed by atoms with Crippen LogP contribution in [0.5, 0.6) is 0 Å². The molecule has 0 radical (unpaired) electrons. The van der Waals surface area contributed by atoms with Crippen molar-refractivity contribution in [1.29, 1.82) is 0 Å². The zero-order chi connectivity index (χ0) is 12.3. The highest BCUT2D eigenvalue weighted by Crippen LogP contribution is 2.48. The Bertz CT molecular complexity index is 416. The molecule has 0 unspecified atom stereocenters. The smallest absolute Gasteiger partial charge is 0.251 e. The van der Waals surface area contributed by atoms with Crippen LogP contribution in [0.25, 0.3) is 0 Å². The van der Waals surface area contributed by atoms with Crippen LogP contribution in [0.1, 0.15) is 43.0 Å². The average Bonchev–Trinajstić information content (AvgIpc) is 3.07. The number of nitrogens with one attached hydrogen (secondary N) is 1. The van der Waals surface area contributed by atoms with Gasteiger partial charge in [-0.2, -0.15) is 0 Å². The number of carbonyl (C=O) groups is 1. The second kappa shape index (κ2) is 5.17. The standard InChI is InChI=1S/C13H17BrN2O/c1-2-4-13(5-6-13)9-16-12(17)10-3-7-15-11(14)8-10/h3,7-8H,2,4-6,9H2,1H3,(H,16,17). The van der Waals surface area contributed by atoms with Crippen molar-refractivity contribution in [3.8, 4) is 0 Å². The summed E-state index contributed by atoms with van der Waals surface area (Å²) in [5.74, 6) is -0.00419. The number of nitrogens with zero attached hydrogens (tertiary/aromatic N) is 1. The minimum absolute atomic E-state index is 0.00419. The molecule has 3 nitrogen and oxygen atoms in total. The summed E-state index contributed by atoms with van der Waals surface area (Å²) < 4.78 is 0.694. The topological polar surface area (TPSA) is 42.0 Å². The lowest BCUT2D eigenvalue weighted by molar-refractivity contribution is 0.0943. The fourth-order valence-corrected chi connectivity index (χ4v) is 2.50. The molecule has 1 aromatic rings. The molecule has 0 atom stereocenters. The third-order valence-corrected chi connectivity index (χ3v) is 3.78. The summed E-state index contributed by atoms with van der Waals surface area (Å²) in [5.41, 5.74) is 1.06. The molecule has 2 rings (SSSR count). The van der Waals surface area contributed by atoms with Gasteiger partial charge in [0.15, 0.2) is 0 Å². The molecule has 1 aliphatic carbocycles. The summed E-state index contributed by atoms with van der Waals surface area (Å²) >= 11 is 3.27. The fourth-order valence-electron chi connectivity index (χ4n) is 2.14. The molecule has 0 aliphatic heterocycles. The predicted molar refractivity (Wildman–Crippen MR) is 70.8 cm³/mol. The van der Waals surface area contributed by atoms with Gasteiger partial charge in [-0.1, -0.05) is 13.3 Å². The van der Waals surface area contributed by atoms with Crippen molar-refractivity contribution in [1.82, 2.24) is 10.3 Å². The molecule has 0 saturated heterocycles. The van der Waals surface area contributed by atoms with Gasteiger partial charge in [0.2, 0.25) is 0 Å². The first-order valence-electron chi connectivity index (χ1n) is 6.05. The van der Waals surface area contributed by atoms with Gasteiger partial charge in [-0.15, -0.1) is 0 Å². The van der Waals surface area contributed by atoms with E-state index in [1.165, 1.54) is 25.7 Å². The lowest BCUT2D eigenvalue weighted by Crippen LogP contribution is -2.30. The number of pyridine rings is 1. The maximum Gasteiger partial charge on any atom is 0.251 e. The number of carbonyl (C=O) groups excluding carboxylic acids is 1. The van der Waals surface area contributed by atoms with Gasteiger partial charge in [0.25, 0.3) is 5.91 Å². The molecule has 1 amide bonds. The Morgan fingerprint density at radius 3 is 2.94 bits per heavy atom. The van der Waals surface area contributed by atoms with Crippen molar-refractivity contribution in [2.24, 2.45) is 5.41 Å². The first-order chi connectivity index (χ1) is 8.15. The van der Waals surface area contributed by atoms with E-state index >= 15 is 0 Å². The van der Waals surface area contributed by atoms with Crippen molar-refractivity contribution in [3.05, 3.63) is 28.5 Å². The van der Waals surface area contributed by atoms with Crippen LogP contribution >= 0.6 is 15.9 Å². The Morgan fingerprint density at radius 2 is 2.35 bits per heavy atom. The second-order valence-electron chi connectivity index (χ2n) is 4.80. The number of hydrogen-bond acceptors (Lipinski definition) is 2. The average molecular weight is 297 g/mol. The van der Waals surface area contributed by atoms with Crippen LogP contribution in [-0.2, 0) is 0 Å². The number of halogens is 1. The van der Waals surface area contributed by atoms with Gasteiger partial charge in [-0.25, -0.2) is 4.98 Å². The van der Waals surface area contributed by atoms with Crippen LogP contribution in [0.3, 0.4) is 0 Å². The quantitative estimate of drug-likeness (QED) is 0.848. The normalized spacial score (nSPS) is 16.6. The van der Waals surface area contributed by atoms with E-state index in [0.29, 0.717) is 15.6 Å². The Balaban J connectivity index is 1.90. The number of amides is 1. The first-order valence-corrected chi connectivity index (χ1v) is 6.84. The fraction of sp³-hybridized carbons (Fsp3) is 0.538. The highest BCUT2D eigenvalue weighted by molar-refractivity contribution is 9.10. The van der Waals surface area contributed by atoms with Gasteiger partial charge in [-0.05, 0) is 52.7 Å². The maximum atomic E-state index is 11.9. The van der Waals surface area contributed by atoms with Crippen LogP contribution < -0.4 is 5.32 Å². The monoisotopic (exact) mass is 296 g/mol. The second-order valence-corrected chi connectivity index (χ2v) is 5.61. The summed E-state index contributed by atoms with van der Waals surface area (Å²) in [6.07, 6.45) is 6.55. The molecule has 17 heavy (non-hydrogen) atoms. The minimum atomic E-state index is -0.00419. The van der Waals surface area contributed by atoms with Crippen LogP contribution in [0, 0.1) is 5.41 Å². The molecule has 0 spiro atoms. The Labute approximate surface area is 110 Å². The third-order valence-electron chi connectivity index (χ3n) is 3.35. The molecule has 1 heterocycles. The molecule has 1 saturated carbocycles. The zero-order valence-corrected chi connectivity index (χ0v) is 11.6. The van der Waals surface area contributed by atoms with Gasteiger partial charge in [0, 0.05) is 18.3 Å². The van der Waals surface area contributed by atoms with E-state index in [1.54, 1.807) is 18.3 Å². The Hall–Kier alpha value is -0.900. The predicted octanol–water partition coefficient (Wildman–Crippen LogP) is 3.15. The third kappa shape index (κ3) is 3.28. The molecule has 0 bridgehead atoms. The number of rotatable bonds is 5. The zero-order valence-electron chi connectivity index (χ0n) is 10.0. The lowest BCUT2D eigenvalue weighted by Gasteiger charge is -2.14.